The topological polar surface area (TPSA) is 395 Å². The lowest BCUT2D eigenvalue weighted by molar-refractivity contribution is -0.268. The molecule has 0 saturated carbocycles. The van der Waals surface area contributed by atoms with Gasteiger partial charge in [0.1, 0.15) is 125 Å². The van der Waals surface area contributed by atoms with Crippen LogP contribution in [0, 0.1) is 0 Å². The molecule has 5 amide bonds. The van der Waals surface area contributed by atoms with Crippen LogP contribution in [0.2, 0.25) is 0 Å². The standard InChI is InChI=1S/C58H55N13O16S5/c1-21(72)37-50(78)69-38(22(2)81-6)53-65-33(19-91-53)49(77)70-42-43-44(87-35-11-58(4)45(23(3)86-35)71(5)20-85-58)57(80)83-12-24-8-7-9-27-36(24)26(13-82-43)40(60-27)56(79)84-14-28(61-47(75)31-18-92-55(42)66-31)52-62-29(15-89-52)39-25(51-64-32(17-88-51)48(76)68-37)10-34(73)41(67-39)54-63-30(16-90-54)46(59)74/h7-10,15-19,21,23,28,35,37,42-45,60,72-73H,11-14,20H2,1-6H3,(H2,59,74)(H,61,75)(H,68,76)(H,69,78)(H,70,77)/b38-22+. The zero-order valence-electron chi connectivity index (χ0n) is 49.3. The maximum absolute atomic E-state index is 15.2. The molecule has 5 aliphatic rings. The number of allylic oxidation sites excluding steroid dienone is 1. The molecule has 0 spiro atoms. The highest BCUT2D eigenvalue weighted by Crippen LogP contribution is 2.44. The molecule has 12 heterocycles. The summed E-state index contributed by atoms with van der Waals surface area (Å²) < 4.78 is 44.5. The van der Waals surface area contributed by atoms with E-state index in [1.54, 1.807) is 23.6 Å². The van der Waals surface area contributed by atoms with Crippen molar-refractivity contribution in [2.24, 2.45) is 5.73 Å². The highest BCUT2D eigenvalue weighted by molar-refractivity contribution is 7.14. The monoisotopic (exact) mass is 1350 g/mol. The summed E-state index contributed by atoms with van der Waals surface area (Å²) in [5.74, 6) is -6.47. The van der Waals surface area contributed by atoms with Gasteiger partial charge in [-0.1, -0.05) is 12.1 Å². The van der Waals surface area contributed by atoms with Gasteiger partial charge in [-0.15, -0.1) is 56.7 Å². The summed E-state index contributed by atoms with van der Waals surface area (Å²) in [7, 11) is 3.24. The van der Waals surface area contributed by atoms with Gasteiger partial charge in [0.15, 0.2) is 12.4 Å². The third-order valence-corrected chi connectivity index (χ3v) is 20.6. The van der Waals surface area contributed by atoms with Crippen LogP contribution in [0.25, 0.3) is 49.3 Å². The molecule has 34 heteroatoms. The fourth-order valence-electron chi connectivity index (χ4n) is 11.7. The molecule has 7 aromatic heterocycles. The summed E-state index contributed by atoms with van der Waals surface area (Å²) in [6.07, 6.45) is -6.41. The van der Waals surface area contributed by atoms with Gasteiger partial charge in [-0.25, -0.2) is 39.5 Å². The average Bonchev–Trinajstić information content (AvgIpc) is 1.53. The number of nitrogens with one attached hydrogen (secondary N) is 5. The third-order valence-electron chi connectivity index (χ3n) is 16.1. The van der Waals surface area contributed by atoms with Crippen LogP contribution >= 0.6 is 56.7 Å². The molecule has 478 valence electrons. The van der Waals surface area contributed by atoms with Crippen LogP contribution in [0.1, 0.15) is 125 Å². The first kappa shape index (κ1) is 62.3. The number of ether oxygens (including phenoxy) is 7. The van der Waals surface area contributed by atoms with E-state index in [-0.39, 0.29) is 112 Å². The molecule has 92 heavy (non-hydrogen) atoms. The van der Waals surface area contributed by atoms with E-state index in [9.17, 15) is 34.2 Å². The van der Waals surface area contributed by atoms with E-state index in [1.807, 2.05) is 25.8 Å². The summed E-state index contributed by atoms with van der Waals surface area (Å²) >= 11 is 4.82. The first-order valence-corrected chi connectivity index (χ1v) is 32.7. The number of aliphatic hydroxyl groups is 1. The fourth-order valence-corrected chi connectivity index (χ4v) is 15.9. The number of pyridine rings is 1. The quantitative estimate of drug-likeness (QED) is 0.0809. The number of likely N-dealkylation sites (N-methyl/N-ethyl adjacent to an activating group) is 1. The number of esters is 2. The number of nitrogens with two attached hydrogens (primary N) is 1. The minimum atomic E-state index is -1.76. The number of nitrogens with zero attached hydrogens (tertiary/aromatic N) is 7. The Balaban J connectivity index is 0.986. The first-order chi connectivity index (χ1) is 44.1. The van der Waals surface area contributed by atoms with Crippen molar-refractivity contribution in [3.63, 3.8) is 0 Å². The molecule has 10 atom stereocenters. The van der Waals surface area contributed by atoms with Gasteiger partial charge < -0.3 is 75.4 Å². The van der Waals surface area contributed by atoms with Crippen molar-refractivity contribution in [3.05, 3.63) is 112 Å². The Kier molecular flexibility index (Phi) is 16.8. The number of carbonyl (C=O) groups is 7. The Morgan fingerprint density at radius 1 is 0.837 bits per heavy atom. The number of amides is 5. The first-order valence-electron chi connectivity index (χ1n) is 28.4. The zero-order valence-corrected chi connectivity index (χ0v) is 53.4. The zero-order chi connectivity index (χ0) is 64.6. The molecule has 0 radical (unpaired) electrons. The average molecular weight is 1350 g/mol. The predicted octanol–water partition coefficient (Wildman–Crippen LogP) is 4.92. The highest BCUT2D eigenvalue weighted by Gasteiger charge is 2.54. The van der Waals surface area contributed by atoms with Gasteiger partial charge in [0, 0.05) is 55.4 Å². The molecular weight excluding hydrogens is 1300 g/mol. The maximum Gasteiger partial charge on any atom is 0.355 e. The fraction of sp³-hybridized carbons (Fsp3) is 0.362. The van der Waals surface area contributed by atoms with Gasteiger partial charge in [0.05, 0.1) is 44.3 Å². The van der Waals surface area contributed by atoms with Crippen LogP contribution in [-0.2, 0) is 56.0 Å². The molecule has 1 aromatic carbocycles. The number of methoxy groups -OCH3 is 1. The van der Waals surface area contributed by atoms with Crippen LogP contribution in [-0.4, -0.2) is 167 Å². The van der Waals surface area contributed by atoms with Crippen LogP contribution in [0.5, 0.6) is 5.75 Å². The van der Waals surface area contributed by atoms with Gasteiger partial charge in [-0.2, -0.15) is 0 Å². The summed E-state index contributed by atoms with van der Waals surface area (Å²) in [4.78, 5) is 134. The largest absolute Gasteiger partial charge is 0.506 e. The molecule has 12 bridgehead atoms. The van der Waals surface area contributed by atoms with E-state index >= 15 is 9.59 Å². The smallest absolute Gasteiger partial charge is 0.355 e. The summed E-state index contributed by atoms with van der Waals surface area (Å²) in [5.41, 5.74) is 5.35. The van der Waals surface area contributed by atoms with Crippen LogP contribution < -0.4 is 27.0 Å². The number of H-pyrrole nitrogens is 1. The summed E-state index contributed by atoms with van der Waals surface area (Å²) in [5, 5.41) is 42.0. The molecule has 5 aliphatic heterocycles. The Labute approximate surface area is 540 Å². The molecule has 13 rings (SSSR count). The maximum atomic E-state index is 15.2. The Bertz CT molecular complexity index is 4340. The van der Waals surface area contributed by atoms with Gasteiger partial charge >= 0.3 is 11.9 Å². The predicted molar refractivity (Wildman–Crippen MR) is 330 cm³/mol. The number of benzene rings is 1. The van der Waals surface area contributed by atoms with Crippen molar-refractivity contribution in [2.45, 2.75) is 108 Å². The number of fused-ring (bicyclic) bond motifs is 16. The van der Waals surface area contributed by atoms with E-state index in [0.717, 1.165) is 56.7 Å². The van der Waals surface area contributed by atoms with Crippen LogP contribution in [0.3, 0.4) is 0 Å². The molecule has 0 aliphatic carbocycles. The van der Waals surface area contributed by atoms with Gasteiger partial charge in [0.25, 0.3) is 23.6 Å². The lowest BCUT2D eigenvalue weighted by atomic mass is 9.86. The minimum Gasteiger partial charge on any atom is -0.506 e. The van der Waals surface area contributed by atoms with Crippen molar-refractivity contribution < 1.29 is 76.9 Å². The number of aromatic hydroxyl groups is 1. The van der Waals surface area contributed by atoms with Crippen molar-refractivity contribution in [2.75, 3.05) is 27.5 Å². The van der Waals surface area contributed by atoms with Crippen molar-refractivity contribution in [1.82, 2.24) is 61.1 Å². The van der Waals surface area contributed by atoms with E-state index < -0.39 is 115 Å². The Morgan fingerprint density at radius 3 is 2.29 bits per heavy atom. The molecule has 8 aromatic rings. The third kappa shape index (κ3) is 11.7. The summed E-state index contributed by atoms with van der Waals surface area (Å²) in [6.45, 7) is 5.58. The molecule has 2 saturated heterocycles. The highest BCUT2D eigenvalue weighted by atomic mass is 32.1. The van der Waals surface area contributed by atoms with Crippen molar-refractivity contribution >= 4 is 115 Å². The van der Waals surface area contributed by atoms with Crippen LogP contribution in [0.4, 0.5) is 0 Å². The molecule has 2 fully saturated rings. The van der Waals surface area contributed by atoms with Gasteiger partial charge in [0.2, 0.25) is 5.91 Å². The molecule has 29 nitrogen and oxygen atoms in total. The normalized spacial score (nSPS) is 25.7. The van der Waals surface area contributed by atoms with E-state index in [4.69, 9.17) is 53.8 Å². The second kappa shape index (κ2) is 24.8. The molecule has 9 N–H and O–H groups in total. The Hall–Kier alpha value is -8.55. The van der Waals surface area contributed by atoms with Gasteiger partial charge in [-0.05, 0) is 52.4 Å². The molecular formula is C58H55N13O16S5. The number of cyclic esters (lactones) is 2. The van der Waals surface area contributed by atoms with Crippen molar-refractivity contribution in [3.8, 4) is 38.4 Å². The SMILES string of the molecule is CO/C(C)=C1/NC(=O)C(C(C)O)NC(=O)c2csc(n2)-c2cc(O)c(-c3nc(C(N)=O)cs3)nc2-c2csc(n2)C2COC(=O)c3[nH]c4cccc5c4c3COC(C(OC3CC4(C)OCN(C)C4C(C)O3)C(=O)OC5)C(NC(=O)c3csc1n3)c1nc(cs1)C(=O)N2. The van der Waals surface area contributed by atoms with E-state index in [1.165, 1.54) is 48.5 Å². The summed E-state index contributed by atoms with van der Waals surface area (Å²) in [6, 6.07) is 1.88. The van der Waals surface area contributed by atoms with Crippen LogP contribution in [0.15, 0.2) is 56.9 Å². The number of aromatic amines is 1. The lowest BCUT2D eigenvalue weighted by Crippen LogP contribution is -2.58. The number of thiazole rings is 5. The lowest BCUT2D eigenvalue weighted by Gasteiger charge is -2.45. The number of hydrogen-bond donors (Lipinski definition) is 8. The molecule has 10 unspecified atom stereocenters. The minimum absolute atomic E-state index is 0.0224. The van der Waals surface area contributed by atoms with Gasteiger partial charge in [-0.3, -0.25) is 28.9 Å². The van der Waals surface area contributed by atoms with E-state index in [2.05, 4.69) is 41.2 Å². The Morgan fingerprint density at radius 2 is 1.53 bits per heavy atom. The van der Waals surface area contributed by atoms with E-state index in [0.29, 0.717) is 23.2 Å². The number of hydrogen-bond acceptors (Lipinski definition) is 28. The number of aliphatic hydroxyl groups excluding tert-OH is 1. The number of primary amides is 1. The second-order valence-corrected chi connectivity index (χ2v) is 26.6. The second-order valence-electron chi connectivity index (χ2n) is 22.3. The number of carbonyl (C=O) groups excluding carboxylic acids is 7. The number of aromatic nitrogens is 7. The van der Waals surface area contributed by atoms with Crippen molar-refractivity contribution in [1.29, 1.82) is 0 Å². The number of rotatable bonds is 6.